The summed E-state index contributed by atoms with van der Waals surface area (Å²) in [6.45, 7) is 3.87. The molecule has 1 radical (unpaired) electrons. The van der Waals surface area contributed by atoms with E-state index in [0.717, 1.165) is 6.42 Å². The summed E-state index contributed by atoms with van der Waals surface area (Å²) >= 11 is 0. The fourth-order valence-corrected chi connectivity index (χ4v) is 3.50. The van der Waals surface area contributed by atoms with Gasteiger partial charge in [-0.1, -0.05) is 64.0 Å². The van der Waals surface area contributed by atoms with E-state index in [4.69, 9.17) is 0 Å². The van der Waals surface area contributed by atoms with Gasteiger partial charge in [0.2, 0.25) is 0 Å². The van der Waals surface area contributed by atoms with Crippen molar-refractivity contribution in [3.05, 3.63) is 29.9 Å². The Balaban J connectivity index is 1.77. The summed E-state index contributed by atoms with van der Waals surface area (Å²) in [5.74, 6) is 1.42. The molecule has 0 unspecified atom stereocenters. The minimum absolute atomic E-state index is 0.155. The second-order valence-electron chi connectivity index (χ2n) is 4.25. The SMILES string of the molecule is [CH2]CCCCCCCCC[SH]1C=CC=C1. The van der Waals surface area contributed by atoms with Crippen molar-refractivity contribution in [1.82, 2.24) is 0 Å². The highest BCUT2D eigenvalue weighted by Crippen LogP contribution is 2.33. The quantitative estimate of drug-likeness (QED) is 0.415. The lowest BCUT2D eigenvalue weighted by molar-refractivity contribution is 0.593. The Kier molecular flexibility index (Phi) is 7.81. The van der Waals surface area contributed by atoms with Crippen LogP contribution in [-0.4, -0.2) is 5.75 Å². The summed E-state index contributed by atoms with van der Waals surface area (Å²) in [5.41, 5.74) is 0. The van der Waals surface area contributed by atoms with Crippen LogP contribution in [0.25, 0.3) is 0 Å². The van der Waals surface area contributed by atoms with Gasteiger partial charge >= 0.3 is 0 Å². The second kappa shape index (κ2) is 9.08. The second-order valence-corrected chi connectivity index (χ2v) is 6.32. The monoisotopic (exact) mass is 225 g/mol. The first-order chi connectivity index (χ1) is 7.43. The van der Waals surface area contributed by atoms with Gasteiger partial charge in [-0.25, -0.2) is 10.9 Å². The maximum Gasteiger partial charge on any atom is -0.0185 e. The fourth-order valence-electron chi connectivity index (χ4n) is 1.87. The van der Waals surface area contributed by atoms with E-state index in [1.807, 2.05) is 0 Å². The summed E-state index contributed by atoms with van der Waals surface area (Å²) in [6.07, 6.45) is 15.4. The minimum Gasteiger partial charge on any atom is -0.213 e. The predicted octanol–water partition coefficient (Wildman–Crippen LogP) is 4.98. The lowest BCUT2D eigenvalue weighted by Crippen LogP contribution is -1.85. The first-order valence-electron chi connectivity index (χ1n) is 6.33. The molecule has 87 valence electrons. The predicted molar refractivity (Wildman–Crippen MR) is 74.4 cm³/mol. The number of unbranched alkanes of at least 4 members (excludes halogenated alkanes) is 7. The van der Waals surface area contributed by atoms with Crippen LogP contribution < -0.4 is 0 Å². The van der Waals surface area contributed by atoms with Gasteiger partial charge in [-0.2, -0.15) is 0 Å². The van der Waals surface area contributed by atoms with Crippen molar-refractivity contribution in [2.75, 3.05) is 5.75 Å². The Bertz CT molecular complexity index is 182. The standard InChI is InChI=1S/C14H25S/c1-2-3-4-5-6-7-8-9-12-15-13-10-11-14-15/h10-11,13-15H,1-9,12H2. The van der Waals surface area contributed by atoms with E-state index >= 15 is 0 Å². The van der Waals surface area contributed by atoms with Crippen LogP contribution in [0.15, 0.2) is 23.0 Å². The molecular formula is C14H25S. The van der Waals surface area contributed by atoms with Gasteiger partial charge in [0, 0.05) is 0 Å². The molecule has 0 aromatic heterocycles. The van der Waals surface area contributed by atoms with Crippen LogP contribution in [0.4, 0.5) is 0 Å². The van der Waals surface area contributed by atoms with Crippen LogP contribution in [0.2, 0.25) is 0 Å². The molecule has 0 aromatic rings. The van der Waals surface area contributed by atoms with Gasteiger partial charge < -0.3 is 0 Å². The molecule has 0 nitrogen and oxygen atoms in total. The van der Waals surface area contributed by atoms with E-state index in [1.165, 1.54) is 50.7 Å². The van der Waals surface area contributed by atoms with Crippen molar-refractivity contribution < 1.29 is 0 Å². The Morgan fingerprint density at radius 3 is 1.87 bits per heavy atom. The van der Waals surface area contributed by atoms with Crippen molar-refractivity contribution in [1.29, 1.82) is 0 Å². The zero-order valence-electron chi connectivity index (χ0n) is 9.83. The molecule has 0 spiro atoms. The van der Waals surface area contributed by atoms with Crippen LogP contribution >= 0.6 is 10.9 Å². The Morgan fingerprint density at radius 2 is 1.27 bits per heavy atom. The molecule has 15 heavy (non-hydrogen) atoms. The molecule has 0 aliphatic carbocycles. The molecule has 0 saturated carbocycles. The molecule has 0 saturated heterocycles. The Hall–Kier alpha value is -0.170. The summed E-state index contributed by atoms with van der Waals surface area (Å²) in [6, 6.07) is 0. The van der Waals surface area contributed by atoms with Crippen molar-refractivity contribution in [3.8, 4) is 0 Å². The number of allylic oxidation sites excluding steroid dienone is 2. The summed E-state index contributed by atoms with van der Waals surface area (Å²) in [7, 11) is 0.155. The molecule has 0 amide bonds. The van der Waals surface area contributed by atoms with Crippen LogP contribution in [0.3, 0.4) is 0 Å². The van der Waals surface area contributed by atoms with Gasteiger partial charge in [-0.3, -0.25) is 0 Å². The number of hydrogen-bond acceptors (Lipinski definition) is 0. The molecule has 1 aliphatic rings. The average molecular weight is 225 g/mol. The molecule has 1 aliphatic heterocycles. The van der Waals surface area contributed by atoms with Gasteiger partial charge in [-0.05, 0) is 23.0 Å². The third kappa shape index (κ3) is 6.83. The van der Waals surface area contributed by atoms with Gasteiger partial charge in [0.15, 0.2) is 0 Å². The van der Waals surface area contributed by atoms with E-state index in [2.05, 4.69) is 29.9 Å². The van der Waals surface area contributed by atoms with E-state index in [9.17, 15) is 0 Å². The zero-order chi connectivity index (χ0) is 10.8. The zero-order valence-corrected chi connectivity index (χ0v) is 10.7. The highest BCUT2D eigenvalue weighted by Gasteiger charge is 1.98. The third-order valence-corrected chi connectivity index (χ3v) is 4.78. The van der Waals surface area contributed by atoms with Crippen molar-refractivity contribution in [2.24, 2.45) is 0 Å². The molecule has 0 aromatic carbocycles. The molecule has 1 heterocycles. The van der Waals surface area contributed by atoms with Gasteiger partial charge in [0.05, 0.1) is 0 Å². The first kappa shape index (κ1) is 12.9. The van der Waals surface area contributed by atoms with E-state index < -0.39 is 0 Å². The van der Waals surface area contributed by atoms with Crippen molar-refractivity contribution in [3.63, 3.8) is 0 Å². The molecule has 0 bridgehead atoms. The highest BCUT2D eigenvalue weighted by atomic mass is 32.2. The lowest BCUT2D eigenvalue weighted by atomic mass is 10.1. The first-order valence-corrected chi connectivity index (χ1v) is 8.00. The molecule has 1 rings (SSSR count). The smallest absolute Gasteiger partial charge is 0.0185 e. The number of rotatable bonds is 9. The fraction of sp³-hybridized carbons (Fsp3) is 0.643. The summed E-state index contributed by atoms with van der Waals surface area (Å²) < 4.78 is 0. The van der Waals surface area contributed by atoms with E-state index in [0.29, 0.717) is 0 Å². The van der Waals surface area contributed by atoms with Crippen LogP contribution in [0, 0.1) is 6.92 Å². The van der Waals surface area contributed by atoms with E-state index in [-0.39, 0.29) is 10.9 Å². The van der Waals surface area contributed by atoms with Crippen LogP contribution in [-0.2, 0) is 0 Å². The lowest BCUT2D eigenvalue weighted by Gasteiger charge is -2.08. The molecule has 1 heteroatoms. The summed E-state index contributed by atoms with van der Waals surface area (Å²) in [5, 5.41) is 4.76. The van der Waals surface area contributed by atoms with E-state index in [1.54, 1.807) is 0 Å². The molecular weight excluding hydrogens is 200 g/mol. The van der Waals surface area contributed by atoms with Gasteiger partial charge in [-0.15, -0.1) is 0 Å². The maximum atomic E-state index is 3.87. The normalized spacial score (nSPS) is 16.5. The van der Waals surface area contributed by atoms with Gasteiger partial charge in [0.25, 0.3) is 0 Å². The van der Waals surface area contributed by atoms with Crippen molar-refractivity contribution in [2.45, 2.75) is 51.4 Å². The third-order valence-electron chi connectivity index (χ3n) is 2.83. The number of thiol groups is 1. The maximum absolute atomic E-state index is 3.87. The van der Waals surface area contributed by atoms with Gasteiger partial charge in [0.1, 0.15) is 0 Å². The topological polar surface area (TPSA) is 0 Å². The molecule has 0 fully saturated rings. The average Bonchev–Trinajstić information content (AvgIpc) is 2.75. The molecule has 0 atom stereocenters. The largest absolute Gasteiger partial charge is 0.213 e. The molecule has 0 N–H and O–H groups in total. The highest BCUT2D eigenvalue weighted by molar-refractivity contribution is 8.22. The Labute approximate surface area is 98.2 Å². The minimum atomic E-state index is 0.155. The van der Waals surface area contributed by atoms with Crippen molar-refractivity contribution >= 4 is 10.9 Å². The summed E-state index contributed by atoms with van der Waals surface area (Å²) in [4.78, 5) is 0. The Morgan fingerprint density at radius 1 is 0.733 bits per heavy atom. The van der Waals surface area contributed by atoms with Crippen LogP contribution in [0.1, 0.15) is 51.4 Å². The number of hydrogen-bond donors (Lipinski definition) is 1. The van der Waals surface area contributed by atoms with Crippen LogP contribution in [0.5, 0.6) is 0 Å².